The first-order valence-electron chi connectivity index (χ1n) is 4.49. The van der Waals surface area contributed by atoms with Crippen LogP contribution in [0.25, 0.3) is 11.3 Å². The molecule has 0 N–H and O–H groups in total. The van der Waals surface area contributed by atoms with Crippen LogP contribution in [0.5, 0.6) is 0 Å². The van der Waals surface area contributed by atoms with Crippen molar-refractivity contribution >= 4 is 17.1 Å². The Morgan fingerprint density at radius 2 is 2.07 bits per heavy atom. The third-order valence-electron chi connectivity index (χ3n) is 1.97. The molecule has 2 nitrogen and oxygen atoms in total. The van der Waals surface area contributed by atoms with Gasteiger partial charge in [-0.1, -0.05) is 36.9 Å². The Labute approximate surface area is 91.9 Å². The van der Waals surface area contributed by atoms with Crippen molar-refractivity contribution in [1.29, 1.82) is 0 Å². The van der Waals surface area contributed by atoms with E-state index in [0.717, 1.165) is 11.3 Å². The normalized spacial score (nSPS) is 9.87. The molecule has 0 atom stereocenters. The molecule has 74 valence electrons. The smallest absolute Gasteiger partial charge is 0.213 e. The topological polar surface area (TPSA) is 30.0 Å². The van der Waals surface area contributed by atoms with E-state index < -0.39 is 0 Å². The van der Waals surface area contributed by atoms with Crippen LogP contribution < -0.4 is 0 Å². The summed E-state index contributed by atoms with van der Waals surface area (Å²) >= 11 is 1.35. The first-order valence-corrected chi connectivity index (χ1v) is 5.37. The number of rotatable bonds is 3. The molecule has 0 aliphatic rings. The van der Waals surface area contributed by atoms with E-state index in [2.05, 4.69) is 11.6 Å². The van der Waals surface area contributed by atoms with Crippen molar-refractivity contribution < 1.29 is 4.79 Å². The molecule has 0 amide bonds. The molecular formula is C12H9NOS. The van der Waals surface area contributed by atoms with Gasteiger partial charge in [0.25, 0.3) is 0 Å². The zero-order valence-electron chi connectivity index (χ0n) is 8.01. The number of aromatic nitrogens is 1. The quantitative estimate of drug-likeness (QED) is 0.581. The number of carbonyl (C=O) groups is 1. The average molecular weight is 215 g/mol. The zero-order chi connectivity index (χ0) is 10.7. The number of allylic oxidation sites excluding steroid dienone is 1. The maximum absolute atomic E-state index is 11.3. The number of benzene rings is 1. The molecule has 0 bridgehead atoms. The molecule has 2 rings (SSSR count). The van der Waals surface area contributed by atoms with E-state index in [-0.39, 0.29) is 5.78 Å². The summed E-state index contributed by atoms with van der Waals surface area (Å²) in [5.74, 6) is -0.123. The zero-order valence-corrected chi connectivity index (χ0v) is 8.83. The van der Waals surface area contributed by atoms with Crippen LogP contribution in [0.3, 0.4) is 0 Å². The highest BCUT2D eigenvalue weighted by molar-refractivity contribution is 7.12. The highest BCUT2D eigenvalue weighted by Crippen LogP contribution is 2.21. The minimum absolute atomic E-state index is 0.123. The summed E-state index contributed by atoms with van der Waals surface area (Å²) in [7, 11) is 0. The maximum atomic E-state index is 11.3. The van der Waals surface area contributed by atoms with E-state index in [1.807, 2.05) is 35.7 Å². The minimum atomic E-state index is -0.123. The van der Waals surface area contributed by atoms with Crippen molar-refractivity contribution in [3.8, 4) is 11.3 Å². The Bertz CT molecular complexity index is 487. The molecule has 0 unspecified atom stereocenters. The van der Waals surface area contributed by atoms with Gasteiger partial charge in [0.15, 0.2) is 5.01 Å². The van der Waals surface area contributed by atoms with Crippen LogP contribution in [0, 0.1) is 0 Å². The molecule has 2 aromatic rings. The molecular weight excluding hydrogens is 206 g/mol. The molecule has 1 heterocycles. The van der Waals surface area contributed by atoms with Gasteiger partial charge >= 0.3 is 0 Å². The van der Waals surface area contributed by atoms with Gasteiger partial charge in [-0.15, -0.1) is 11.3 Å². The summed E-state index contributed by atoms with van der Waals surface area (Å²) in [4.78, 5) is 15.5. The second-order valence-corrected chi connectivity index (χ2v) is 3.83. The predicted molar refractivity (Wildman–Crippen MR) is 62.1 cm³/mol. The van der Waals surface area contributed by atoms with Crippen LogP contribution in [0.15, 0.2) is 48.4 Å². The largest absolute Gasteiger partial charge is 0.287 e. The van der Waals surface area contributed by atoms with E-state index in [9.17, 15) is 4.79 Å². The fraction of sp³-hybridized carbons (Fsp3) is 0. The number of nitrogens with zero attached hydrogens (tertiary/aromatic N) is 1. The molecule has 0 aliphatic heterocycles. The van der Waals surface area contributed by atoms with Gasteiger partial charge in [-0.3, -0.25) is 4.79 Å². The average Bonchev–Trinajstić information content (AvgIpc) is 2.78. The Hall–Kier alpha value is -1.74. The number of carbonyl (C=O) groups excluding carboxylic acids is 1. The molecule has 1 aromatic carbocycles. The van der Waals surface area contributed by atoms with Crippen LogP contribution >= 0.6 is 11.3 Å². The van der Waals surface area contributed by atoms with Crippen molar-refractivity contribution in [3.63, 3.8) is 0 Å². The Morgan fingerprint density at radius 1 is 1.33 bits per heavy atom. The summed E-state index contributed by atoms with van der Waals surface area (Å²) in [6, 6.07) is 9.79. The van der Waals surface area contributed by atoms with Crippen LogP contribution in [0.2, 0.25) is 0 Å². The summed E-state index contributed by atoms with van der Waals surface area (Å²) in [5, 5.41) is 2.37. The van der Waals surface area contributed by atoms with E-state index >= 15 is 0 Å². The minimum Gasteiger partial charge on any atom is -0.287 e. The number of ketones is 1. The van der Waals surface area contributed by atoms with Crippen molar-refractivity contribution in [2.75, 3.05) is 0 Å². The van der Waals surface area contributed by atoms with Crippen molar-refractivity contribution in [1.82, 2.24) is 4.98 Å². The standard InChI is InChI=1S/C12H9NOS/c1-2-11(14)12-13-10(8-15-12)9-6-4-3-5-7-9/h2-8H,1H2. The Morgan fingerprint density at radius 3 is 2.73 bits per heavy atom. The third-order valence-corrected chi connectivity index (χ3v) is 2.83. The van der Waals surface area contributed by atoms with Gasteiger partial charge in [-0.05, 0) is 6.08 Å². The maximum Gasteiger partial charge on any atom is 0.213 e. The van der Waals surface area contributed by atoms with Crippen molar-refractivity contribution in [2.45, 2.75) is 0 Å². The molecule has 0 saturated carbocycles. The van der Waals surface area contributed by atoms with Gasteiger partial charge in [0.1, 0.15) is 0 Å². The summed E-state index contributed by atoms with van der Waals surface area (Å²) in [5.41, 5.74) is 1.86. The van der Waals surface area contributed by atoms with E-state index in [1.54, 1.807) is 0 Å². The Kier molecular flexibility index (Phi) is 2.74. The number of hydrogen-bond acceptors (Lipinski definition) is 3. The first kappa shape index (κ1) is 9.80. The van der Waals surface area contributed by atoms with Gasteiger partial charge in [-0.25, -0.2) is 4.98 Å². The fourth-order valence-corrected chi connectivity index (χ4v) is 1.98. The first-order chi connectivity index (χ1) is 7.31. The van der Waals surface area contributed by atoms with Crippen LogP contribution in [-0.4, -0.2) is 10.8 Å². The molecule has 0 saturated heterocycles. The van der Waals surface area contributed by atoms with Gasteiger partial charge in [-0.2, -0.15) is 0 Å². The third kappa shape index (κ3) is 2.02. The molecule has 0 radical (unpaired) electrons. The lowest BCUT2D eigenvalue weighted by Crippen LogP contribution is -1.91. The second kappa shape index (κ2) is 4.19. The number of hydrogen-bond donors (Lipinski definition) is 0. The van der Waals surface area contributed by atoms with Crippen LogP contribution in [0.4, 0.5) is 0 Å². The van der Waals surface area contributed by atoms with Crippen LogP contribution in [0.1, 0.15) is 9.80 Å². The lowest BCUT2D eigenvalue weighted by Gasteiger charge is -1.93. The summed E-state index contributed by atoms with van der Waals surface area (Å²) < 4.78 is 0. The summed E-state index contributed by atoms with van der Waals surface area (Å²) in [6.07, 6.45) is 1.29. The van der Waals surface area contributed by atoms with Crippen molar-refractivity contribution in [2.24, 2.45) is 0 Å². The molecule has 0 spiro atoms. The van der Waals surface area contributed by atoms with Crippen LogP contribution in [-0.2, 0) is 0 Å². The molecule has 3 heteroatoms. The van der Waals surface area contributed by atoms with E-state index in [4.69, 9.17) is 0 Å². The lowest BCUT2D eigenvalue weighted by molar-refractivity contribution is 0.104. The molecule has 0 fully saturated rings. The second-order valence-electron chi connectivity index (χ2n) is 2.97. The highest BCUT2D eigenvalue weighted by Gasteiger charge is 2.08. The Balaban J connectivity index is 2.36. The predicted octanol–water partition coefficient (Wildman–Crippen LogP) is 3.18. The lowest BCUT2D eigenvalue weighted by atomic mass is 10.2. The van der Waals surface area contributed by atoms with E-state index in [1.165, 1.54) is 17.4 Å². The molecule has 0 aliphatic carbocycles. The molecule has 15 heavy (non-hydrogen) atoms. The summed E-state index contributed by atoms with van der Waals surface area (Å²) in [6.45, 7) is 3.44. The van der Waals surface area contributed by atoms with Gasteiger partial charge in [0, 0.05) is 10.9 Å². The fourth-order valence-electron chi connectivity index (χ4n) is 1.22. The van der Waals surface area contributed by atoms with Gasteiger partial charge in [0.2, 0.25) is 5.78 Å². The monoisotopic (exact) mass is 215 g/mol. The van der Waals surface area contributed by atoms with Gasteiger partial charge < -0.3 is 0 Å². The molecule has 1 aromatic heterocycles. The van der Waals surface area contributed by atoms with E-state index in [0.29, 0.717) is 5.01 Å². The SMILES string of the molecule is C=CC(=O)c1nc(-c2ccccc2)cs1. The number of thiazole rings is 1. The van der Waals surface area contributed by atoms with Gasteiger partial charge in [0.05, 0.1) is 5.69 Å². The van der Waals surface area contributed by atoms with Crippen molar-refractivity contribution in [3.05, 3.63) is 53.4 Å². The highest BCUT2D eigenvalue weighted by atomic mass is 32.1.